The molecule has 36 heavy (non-hydrogen) atoms. The lowest BCUT2D eigenvalue weighted by Gasteiger charge is -2.32. The van der Waals surface area contributed by atoms with Crippen LogP contribution in [-0.4, -0.2) is 75.3 Å². The molecule has 194 valence electrons. The van der Waals surface area contributed by atoms with Gasteiger partial charge in [-0.05, 0) is 37.4 Å². The van der Waals surface area contributed by atoms with Gasteiger partial charge in [-0.3, -0.25) is 4.90 Å². The fourth-order valence-electron chi connectivity index (χ4n) is 5.76. The van der Waals surface area contributed by atoms with Crippen LogP contribution in [0.2, 0.25) is 0 Å². The molecule has 0 unspecified atom stereocenters. The van der Waals surface area contributed by atoms with E-state index in [-0.39, 0.29) is 12.6 Å². The van der Waals surface area contributed by atoms with Crippen LogP contribution >= 0.6 is 0 Å². The highest BCUT2D eigenvalue weighted by Gasteiger charge is 2.22. The van der Waals surface area contributed by atoms with Crippen molar-refractivity contribution in [2.24, 2.45) is 0 Å². The van der Waals surface area contributed by atoms with E-state index in [0.717, 1.165) is 56.6 Å². The maximum atomic E-state index is 9.75. The molecule has 3 heterocycles. The molecule has 1 aliphatic carbocycles. The highest BCUT2D eigenvalue weighted by atomic mass is 16.3. The molecule has 7 heteroatoms. The Kier molecular flexibility index (Phi) is 8.19. The first-order chi connectivity index (χ1) is 17.6. The number of nitrogens with one attached hydrogen (secondary N) is 1. The molecule has 1 saturated carbocycles. The monoisotopic (exact) mass is 490 g/mol. The minimum absolute atomic E-state index is 0.0159. The number of benzene rings is 1. The van der Waals surface area contributed by atoms with Crippen molar-refractivity contribution >= 4 is 17.0 Å². The average molecular weight is 491 g/mol. The van der Waals surface area contributed by atoms with Gasteiger partial charge in [-0.15, -0.1) is 0 Å². The Morgan fingerprint density at radius 3 is 2.50 bits per heavy atom. The minimum Gasteiger partial charge on any atom is -0.394 e. The van der Waals surface area contributed by atoms with Crippen LogP contribution in [0.15, 0.2) is 36.7 Å². The van der Waals surface area contributed by atoms with Gasteiger partial charge in [-0.1, -0.05) is 56.9 Å². The third-order valence-electron chi connectivity index (χ3n) is 8.00. The average Bonchev–Trinajstić information content (AvgIpc) is 3.29. The summed E-state index contributed by atoms with van der Waals surface area (Å²) in [6.07, 6.45) is 12.5. The summed E-state index contributed by atoms with van der Waals surface area (Å²) in [6.45, 7) is 7.79. The van der Waals surface area contributed by atoms with E-state index in [1.165, 1.54) is 48.8 Å². The van der Waals surface area contributed by atoms with Gasteiger partial charge in [0.15, 0.2) is 0 Å². The van der Waals surface area contributed by atoms with Gasteiger partial charge in [0.1, 0.15) is 5.65 Å². The predicted octanol–water partition coefficient (Wildman–Crippen LogP) is 4.92. The SMILES string of the molecule is CCC[C@H](CO)Nc1ncc2c(-c3ccc(CN4CCN(C)CC4)cc3)cn(C3CCCCC3)c2n1. The lowest BCUT2D eigenvalue weighted by Crippen LogP contribution is -2.43. The van der Waals surface area contributed by atoms with Crippen molar-refractivity contribution in [3.05, 3.63) is 42.2 Å². The second kappa shape index (κ2) is 11.7. The molecule has 2 N–H and O–H groups in total. The lowest BCUT2D eigenvalue weighted by atomic mass is 9.95. The third-order valence-corrected chi connectivity index (χ3v) is 8.00. The Bertz CT molecular complexity index is 1110. The molecule has 0 amide bonds. The summed E-state index contributed by atoms with van der Waals surface area (Å²) in [6, 6.07) is 9.56. The number of rotatable bonds is 9. The van der Waals surface area contributed by atoms with E-state index in [0.29, 0.717) is 12.0 Å². The molecule has 5 rings (SSSR count). The van der Waals surface area contributed by atoms with Crippen LogP contribution in [-0.2, 0) is 6.54 Å². The summed E-state index contributed by atoms with van der Waals surface area (Å²) in [5.74, 6) is 0.610. The first-order valence-electron chi connectivity index (χ1n) is 13.9. The molecule has 0 bridgehead atoms. The number of aliphatic hydroxyl groups excluding tert-OH is 1. The topological polar surface area (TPSA) is 69.5 Å². The fraction of sp³-hybridized carbons (Fsp3) is 0.586. The number of likely N-dealkylation sites (N-methyl/N-ethyl adjacent to an activating group) is 1. The zero-order chi connectivity index (χ0) is 24.9. The smallest absolute Gasteiger partial charge is 0.224 e. The van der Waals surface area contributed by atoms with Crippen LogP contribution in [0.1, 0.15) is 63.5 Å². The lowest BCUT2D eigenvalue weighted by molar-refractivity contribution is 0.148. The second-order valence-corrected chi connectivity index (χ2v) is 10.8. The highest BCUT2D eigenvalue weighted by Crippen LogP contribution is 2.36. The highest BCUT2D eigenvalue weighted by molar-refractivity contribution is 5.94. The number of aromatic nitrogens is 3. The van der Waals surface area contributed by atoms with Crippen molar-refractivity contribution in [1.82, 2.24) is 24.3 Å². The molecule has 1 saturated heterocycles. The Hall–Kier alpha value is -2.48. The van der Waals surface area contributed by atoms with Gasteiger partial charge in [0.25, 0.3) is 0 Å². The molecule has 3 aromatic rings. The zero-order valence-corrected chi connectivity index (χ0v) is 22.0. The van der Waals surface area contributed by atoms with Crippen molar-refractivity contribution in [1.29, 1.82) is 0 Å². The van der Waals surface area contributed by atoms with Gasteiger partial charge in [-0.2, -0.15) is 4.98 Å². The summed E-state index contributed by atoms with van der Waals surface area (Å²) in [5.41, 5.74) is 4.80. The van der Waals surface area contributed by atoms with Crippen molar-refractivity contribution in [2.45, 2.75) is 70.5 Å². The van der Waals surface area contributed by atoms with Gasteiger partial charge in [0.05, 0.1) is 12.6 Å². The maximum Gasteiger partial charge on any atom is 0.224 e. The molecule has 1 atom stereocenters. The Morgan fingerprint density at radius 1 is 1.06 bits per heavy atom. The molecule has 2 fully saturated rings. The summed E-state index contributed by atoms with van der Waals surface area (Å²) in [4.78, 5) is 14.6. The molecule has 0 radical (unpaired) electrons. The van der Waals surface area contributed by atoms with Gasteiger partial charge < -0.3 is 19.9 Å². The number of hydrogen-bond acceptors (Lipinski definition) is 6. The summed E-state index contributed by atoms with van der Waals surface area (Å²) in [5, 5.41) is 14.2. The third kappa shape index (κ3) is 5.74. The second-order valence-electron chi connectivity index (χ2n) is 10.8. The van der Waals surface area contributed by atoms with E-state index in [1.54, 1.807) is 0 Å². The van der Waals surface area contributed by atoms with Crippen LogP contribution in [0, 0.1) is 0 Å². The number of hydrogen-bond donors (Lipinski definition) is 2. The number of aliphatic hydroxyl groups is 1. The van der Waals surface area contributed by atoms with E-state index >= 15 is 0 Å². The molecule has 1 aliphatic heterocycles. The molecule has 0 spiro atoms. The van der Waals surface area contributed by atoms with Gasteiger partial charge >= 0.3 is 0 Å². The molecule has 7 nitrogen and oxygen atoms in total. The minimum atomic E-state index is -0.0159. The first-order valence-corrected chi connectivity index (χ1v) is 13.9. The summed E-state index contributed by atoms with van der Waals surface area (Å²) in [7, 11) is 2.20. The van der Waals surface area contributed by atoms with Crippen LogP contribution in [0.5, 0.6) is 0 Å². The Balaban J connectivity index is 1.43. The standard InChI is InChI=1S/C29H42N6O/c1-3-7-24(21-36)31-29-30-18-26-27(20-35(28(26)32-29)25-8-5-4-6-9-25)23-12-10-22(11-13-23)19-34-16-14-33(2)15-17-34/h10-13,18,20,24-25,36H,3-9,14-17,19,21H2,1-2H3,(H,30,31,32)/t24-/m1/s1. The van der Waals surface area contributed by atoms with E-state index in [1.807, 2.05) is 6.20 Å². The van der Waals surface area contributed by atoms with Gasteiger partial charge in [0, 0.05) is 62.1 Å². The first kappa shape index (κ1) is 25.2. The number of piperazine rings is 1. The molecule has 1 aromatic carbocycles. The van der Waals surface area contributed by atoms with Gasteiger partial charge in [-0.25, -0.2) is 4.98 Å². The molecular formula is C29H42N6O. The molecule has 2 aliphatic rings. The predicted molar refractivity (Wildman–Crippen MR) is 147 cm³/mol. The van der Waals surface area contributed by atoms with Crippen LogP contribution < -0.4 is 5.32 Å². The van der Waals surface area contributed by atoms with E-state index < -0.39 is 0 Å². The van der Waals surface area contributed by atoms with Crippen LogP contribution in [0.25, 0.3) is 22.2 Å². The molecular weight excluding hydrogens is 448 g/mol. The summed E-state index contributed by atoms with van der Waals surface area (Å²) >= 11 is 0. The van der Waals surface area contributed by atoms with Crippen molar-refractivity contribution in [3.63, 3.8) is 0 Å². The number of nitrogens with zero attached hydrogens (tertiary/aromatic N) is 5. The van der Waals surface area contributed by atoms with Gasteiger partial charge in [0.2, 0.25) is 5.95 Å². The number of anilines is 1. The van der Waals surface area contributed by atoms with E-state index in [2.05, 4.69) is 69.1 Å². The maximum absolute atomic E-state index is 9.75. The molecule has 2 aromatic heterocycles. The van der Waals surface area contributed by atoms with Crippen molar-refractivity contribution < 1.29 is 5.11 Å². The Labute approximate surface area is 215 Å². The van der Waals surface area contributed by atoms with Crippen molar-refractivity contribution in [3.8, 4) is 11.1 Å². The fourth-order valence-corrected chi connectivity index (χ4v) is 5.76. The van der Waals surface area contributed by atoms with Crippen molar-refractivity contribution in [2.75, 3.05) is 45.2 Å². The Morgan fingerprint density at radius 2 is 1.81 bits per heavy atom. The zero-order valence-electron chi connectivity index (χ0n) is 22.0. The quantitative estimate of drug-likeness (QED) is 0.444. The largest absolute Gasteiger partial charge is 0.394 e. The van der Waals surface area contributed by atoms with E-state index in [4.69, 9.17) is 4.98 Å². The van der Waals surface area contributed by atoms with Crippen LogP contribution in [0.4, 0.5) is 5.95 Å². The van der Waals surface area contributed by atoms with Crippen LogP contribution in [0.3, 0.4) is 0 Å². The van der Waals surface area contributed by atoms with E-state index in [9.17, 15) is 5.11 Å². The summed E-state index contributed by atoms with van der Waals surface area (Å²) < 4.78 is 2.41. The number of fused-ring (bicyclic) bond motifs is 1. The normalized spacial score (nSPS) is 19.1.